The van der Waals surface area contributed by atoms with Crippen molar-refractivity contribution < 1.29 is 19.2 Å². The van der Waals surface area contributed by atoms with E-state index in [0.29, 0.717) is 31.8 Å². The molecule has 4 aromatic rings. The SMILES string of the molecule is COc1ccc2c(C(=O)c3ccc(O)cc3)c(-c3ccccc3)[s+]([O-])c2c1. The van der Waals surface area contributed by atoms with Crippen molar-refractivity contribution >= 4 is 26.6 Å². The van der Waals surface area contributed by atoms with E-state index >= 15 is 0 Å². The van der Waals surface area contributed by atoms with Crippen LogP contribution in [0.5, 0.6) is 11.5 Å². The number of hydrogen-bond donors (Lipinski definition) is 1. The van der Waals surface area contributed by atoms with Crippen LogP contribution in [0.25, 0.3) is 20.5 Å². The second kappa shape index (κ2) is 6.87. The van der Waals surface area contributed by atoms with Crippen LogP contribution < -0.4 is 4.74 Å². The number of ketones is 1. The number of hydrogen-bond acceptors (Lipinski definition) is 4. The number of carbonyl (C=O) groups is 1. The number of fused-ring (bicyclic) bond motifs is 1. The van der Waals surface area contributed by atoms with Gasteiger partial charge in [0.1, 0.15) is 11.5 Å². The second-order valence-electron chi connectivity index (χ2n) is 6.08. The number of methoxy groups -OCH3 is 1. The Kier molecular flexibility index (Phi) is 4.39. The van der Waals surface area contributed by atoms with Crippen LogP contribution in [0.1, 0.15) is 15.9 Å². The first-order valence-electron chi connectivity index (χ1n) is 8.34. The minimum Gasteiger partial charge on any atom is -0.590 e. The zero-order valence-electron chi connectivity index (χ0n) is 14.5. The zero-order valence-corrected chi connectivity index (χ0v) is 15.3. The number of benzene rings is 3. The van der Waals surface area contributed by atoms with Gasteiger partial charge in [-0.15, -0.1) is 0 Å². The molecule has 1 atom stereocenters. The van der Waals surface area contributed by atoms with Crippen LogP contribution in [-0.4, -0.2) is 22.6 Å². The first kappa shape index (κ1) is 17.3. The molecule has 1 N–H and O–H groups in total. The largest absolute Gasteiger partial charge is 0.590 e. The van der Waals surface area contributed by atoms with Gasteiger partial charge in [0.25, 0.3) is 0 Å². The normalized spacial score (nSPS) is 11.6. The smallest absolute Gasteiger partial charge is 0.199 e. The Hall–Kier alpha value is -3.15. The van der Waals surface area contributed by atoms with E-state index in [0.717, 1.165) is 5.56 Å². The number of rotatable bonds is 4. The summed E-state index contributed by atoms with van der Waals surface area (Å²) in [6.07, 6.45) is 0. The fourth-order valence-corrected chi connectivity index (χ4v) is 4.69. The van der Waals surface area contributed by atoms with Gasteiger partial charge in [-0.05, 0) is 59.3 Å². The first-order valence-corrected chi connectivity index (χ1v) is 9.48. The summed E-state index contributed by atoms with van der Waals surface area (Å²) >= 11 is 0. The highest BCUT2D eigenvalue weighted by Crippen LogP contribution is 2.46. The van der Waals surface area contributed by atoms with Crippen LogP contribution in [-0.2, 0) is 0 Å². The molecular weight excluding hydrogens is 360 g/mol. The Balaban J connectivity index is 2.02. The molecule has 0 fully saturated rings. The van der Waals surface area contributed by atoms with E-state index in [9.17, 15) is 14.5 Å². The lowest BCUT2D eigenvalue weighted by Gasteiger charge is -2.04. The summed E-state index contributed by atoms with van der Waals surface area (Å²) in [6, 6.07) is 20.6. The standard InChI is InChI=1S/C22H16O4S/c1-26-17-11-12-18-19(13-17)27(25)22(15-5-3-2-4-6-15)20(18)21(24)14-7-9-16(23)10-8-14/h2-13,23H,1H3. The van der Waals surface area contributed by atoms with E-state index < -0.39 is 10.8 Å². The molecular formula is C22H16O4S. The molecule has 1 heterocycles. The maximum Gasteiger partial charge on any atom is 0.199 e. The van der Waals surface area contributed by atoms with Crippen LogP contribution in [0.3, 0.4) is 0 Å². The van der Waals surface area contributed by atoms with Crippen LogP contribution >= 0.6 is 10.8 Å². The van der Waals surface area contributed by atoms with Crippen molar-refractivity contribution in [2.45, 2.75) is 0 Å². The number of aromatic hydroxyl groups is 1. The topological polar surface area (TPSA) is 69.6 Å². The third-order valence-corrected chi connectivity index (χ3v) is 6.01. The second-order valence-corrected chi connectivity index (χ2v) is 7.46. The molecule has 0 amide bonds. The summed E-state index contributed by atoms with van der Waals surface area (Å²) < 4.78 is 19.1. The summed E-state index contributed by atoms with van der Waals surface area (Å²) in [5, 5.41) is 10.1. The molecule has 0 aliphatic carbocycles. The molecule has 0 saturated carbocycles. The van der Waals surface area contributed by atoms with Gasteiger partial charge in [0, 0.05) is 17.2 Å². The molecule has 27 heavy (non-hydrogen) atoms. The fraction of sp³-hybridized carbons (Fsp3) is 0.0455. The number of ether oxygens (including phenoxy) is 1. The van der Waals surface area contributed by atoms with Gasteiger partial charge in [-0.3, -0.25) is 4.79 Å². The number of phenolic OH excluding ortho intramolecular Hbond substituents is 1. The Morgan fingerprint density at radius 1 is 1.00 bits per heavy atom. The van der Waals surface area contributed by atoms with E-state index in [1.807, 2.05) is 30.3 Å². The van der Waals surface area contributed by atoms with Gasteiger partial charge in [0.05, 0.1) is 18.1 Å². The van der Waals surface area contributed by atoms with Crippen LogP contribution in [0.2, 0.25) is 0 Å². The average molecular weight is 376 g/mol. The van der Waals surface area contributed by atoms with Gasteiger partial charge >= 0.3 is 0 Å². The summed E-state index contributed by atoms with van der Waals surface area (Å²) in [5.74, 6) is 0.447. The average Bonchev–Trinajstić information content (AvgIpc) is 3.00. The Bertz CT molecular complexity index is 1130. The molecule has 0 aliphatic heterocycles. The lowest BCUT2D eigenvalue weighted by Crippen LogP contribution is -2.02. The molecule has 3 aromatic carbocycles. The van der Waals surface area contributed by atoms with Gasteiger partial charge in [0.2, 0.25) is 0 Å². The quantitative estimate of drug-likeness (QED) is 0.394. The van der Waals surface area contributed by atoms with E-state index in [-0.39, 0.29) is 11.5 Å². The van der Waals surface area contributed by atoms with Crippen molar-refractivity contribution in [2.75, 3.05) is 7.11 Å². The molecule has 0 radical (unpaired) electrons. The van der Waals surface area contributed by atoms with Crippen LogP contribution in [0.4, 0.5) is 0 Å². The maximum absolute atomic E-state index is 13.3. The number of thiophene rings is 1. The molecule has 1 aromatic heterocycles. The minimum absolute atomic E-state index is 0.0870. The Morgan fingerprint density at radius 2 is 1.70 bits per heavy atom. The molecule has 0 bridgehead atoms. The zero-order chi connectivity index (χ0) is 19.0. The van der Waals surface area contributed by atoms with Crippen molar-refractivity contribution in [1.29, 1.82) is 0 Å². The summed E-state index contributed by atoms with van der Waals surface area (Å²) in [6.45, 7) is 0. The van der Waals surface area contributed by atoms with Crippen molar-refractivity contribution in [1.82, 2.24) is 0 Å². The fourth-order valence-electron chi connectivity index (χ4n) is 3.14. The molecule has 134 valence electrons. The predicted molar refractivity (Wildman–Crippen MR) is 106 cm³/mol. The van der Waals surface area contributed by atoms with Gasteiger partial charge < -0.3 is 14.4 Å². The lowest BCUT2D eigenvalue weighted by atomic mass is 9.97. The summed E-state index contributed by atoms with van der Waals surface area (Å²) in [4.78, 5) is 13.8. The van der Waals surface area contributed by atoms with Gasteiger partial charge in [-0.1, -0.05) is 18.2 Å². The van der Waals surface area contributed by atoms with Gasteiger partial charge in [-0.25, -0.2) is 0 Å². The third-order valence-electron chi connectivity index (χ3n) is 4.46. The van der Waals surface area contributed by atoms with Crippen LogP contribution in [0, 0.1) is 0 Å². The predicted octanol–water partition coefficient (Wildman–Crippen LogP) is 5.18. The van der Waals surface area contributed by atoms with Crippen molar-refractivity contribution in [2.24, 2.45) is 0 Å². The summed E-state index contributed by atoms with van der Waals surface area (Å²) in [5.41, 5.74) is 1.59. The monoisotopic (exact) mass is 376 g/mol. The highest BCUT2D eigenvalue weighted by molar-refractivity contribution is 7.35. The number of carbonyl (C=O) groups excluding carboxylic acids is 1. The van der Waals surface area contributed by atoms with Crippen molar-refractivity contribution in [3.8, 4) is 21.9 Å². The molecule has 4 nitrogen and oxygen atoms in total. The molecule has 0 saturated heterocycles. The van der Waals surface area contributed by atoms with Gasteiger partial charge in [0.15, 0.2) is 15.4 Å². The van der Waals surface area contributed by atoms with Crippen molar-refractivity contribution in [3.05, 3.63) is 83.9 Å². The summed E-state index contributed by atoms with van der Waals surface area (Å²) in [7, 11) is 0.0514. The molecule has 0 aliphatic rings. The van der Waals surface area contributed by atoms with E-state index in [1.165, 1.54) is 12.1 Å². The molecule has 4 rings (SSSR count). The van der Waals surface area contributed by atoms with E-state index in [1.54, 1.807) is 37.4 Å². The molecule has 0 spiro atoms. The first-order chi connectivity index (χ1) is 13.1. The third kappa shape index (κ3) is 2.97. The lowest BCUT2D eigenvalue weighted by molar-refractivity contribution is 0.104. The molecule has 5 heteroatoms. The van der Waals surface area contributed by atoms with Gasteiger partial charge in [-0.2, -0.15) is 0 Å². The Labute approximate surface area is 159 Å². The maximum atomic E-state index is 13.3. The highest BCUT2D eigenvalue weighted by Gasteiger charge is 2.29. The van der Waals surface area contributed by atoms with Crippen LogP contribution in [0.15, 0.2) is 72.8 Å². The highest BCUT2D eigenvalue weighted by atomic mass is 32.2. The van der Waals surface area contributed by atoms with E-state index in [4.69, 9.17) is 4.74 Å². The van der Waals surface area contributed by atoms with Crippen molar-refractivity contribution in [3.63, 3.8) is 0 Å². The molecule has 1 unspecified atom stereocenters. The number of phenols is 1. The Morgan fingerprint density at radius 3 is 2.37 bits per heavy atom. The van der Waals surface area contributed by atoms with E-state index in [2.05, 4.69) is 0 Å². The minimum atomic E-state index is -1.50.